The molecule has 1 aliphatic heterocycles. The smallest absolute Gasteiger partial charge is 0.259 e. The second kappa shape index (κ2) is 5.13. The highest BCUT2D eigenvalue weighted by Gasteiger charge is 2.26. The lowest BCUT2D eigenvalue weighted by Gasteiger charge is -2.34. The van der Waals surface area contributed by atoms with Gasteiger partial charge in [0.15, 0.2) is 0 Å². The van der Waals surface area contributed by atoms with Crippen molar-refractivity contribution in [2.75, 3.05) is 13.1 Å². The van der Waals surface area contributed by atoms with Crippen LogP contribution in [-0.4, -0.2) is 34.5 Å². The Bertz CT molecular complexity index is 275. The third-order valence-corrected chi connectivity index (χ3v) is 3.06. The predicted molar refractivity (Wildman–Crippen MR) is 68.4 cm³/mol. The molecule has 0 aromatic heterocycles. The summed E-state index contributed by atoms with van der Waals surface area (Å²) in [7, 11) is 0. The van der Waals surface area contributed by atoms with Crippen molar-refractivity contribution in [3.8, 4) is 0 Å². The van der Waals surface area contributed by atoms with Gasteiger partial charge in [0.05, 0.1) is 0 Å². The highest BCUT2D eigenvalue weighted by molar-refractivity contribution is 7.80. The van der Waals surface area contributed by atoms with E-state index in [0.29, 0.717) is 11.0 Å². The predicted octanol–water partition coefficient (Wildman–Crippen LogP) is 2.39. The van der Waals surface area contributed by atoms with Crippen molar-refractivity contribution < 1.29 is 9.53 Å². The molecular weight excluding hydrogens is 222 g/mol. The molecule has 0 radical (unpaired) electrons. The van der Waals surface area contributed by atoms with E-state index < -0.39 is 0 Å². The number of piperidine rings is 1. The summed E-state index contributed by atoms with van der Waals surface area (Å²) in [6.07, 6.45) is 1.78. The maximum atomic E-state index is 11.2. The van der Waals surface area contributed by atoms with E-state index in [1.165, 1.54) is 0 Å². The van der Waals surface area contributed by atoms with Crippen LogP contribution in [0.1, 0.15) is 40.5 Å². The van der Waals surface area contributed by atoms with Crippen molar-refractivity contribution in [2.24, 2.45) is 5.92 Å². The van der Waals surface area contributed by atoms with Crippen molar-refractivity contribution >= 4 is 23.2 Å². The molecule has 1 saturated heterocycles. The largest absolute Gasteiger partial charge is 0.465 e. The summed E-state index contributed by atoms with van der Waals surface area (Å²) in [5.74, 6) is 0.510. The Morgan fingerprint density at radius 1 is 1.31 bits per heavy atom. The number of hydrogen-bond acceptors (Lipinski definition) is 3. The quantitative estimate of drug-likeness (QED) is 0.661. The topological polar surface area (TPSA) is 29.5 Å². The van der Waals surface area contributed by atoms with Gasteiger partial charge in [-0.3, -0.25) is 4.79 Å². The molecule has 0 saturated carbocycles. The molecule has 1 aliphatic rings. The van der Waals surface area contributed by atoms with E-state index in [1.54, 1.807) is 6.92 Å². The molecule has 0 N–H and O–H groups in total. The maximum absolute atomic E-state index is 11.2. The molecule has 0 spiro atoms. The van der Waals surface area contributed by atoms with Crippen molar-refractivity contribution in [1.82, 2.24) is 4.90 Å². The highest BCUT2D eigenvalue weighted by Crippen LogP contribution is 2.20. The Morgan fingerprint density at radius 3 is 2.19 bits per heavy atom. The van der Waals surface area contributed by atoms with Gasteiger partial charge in [0.1, 0.15) is 11.4 Å². The summed E-state index contributed by atoms with van der Waals surface area (Å²) in [5, 5.41) is 0.564. The van der Waals surface area contributed by atoms with E-state index in [-0.39, 0.29) is 11.5 Å². The minimum atomic E-state index is -0.242. The van der Waals surface area contributed by atoms with Crippen LogP contribution in [0.3, 0.4) is 0 Å². The van der Waals surface area contributed by atoms with Gasteiger partial charge >= 0.3 is 0 Å². The number of likely N-dealkylation sites (tertiary alicyclic amines) is 1. The fourth-order valence-corrected chi connectivity index (χ4v) is 2.23. The van der Waals surface area contributed by atoms with E-state index in [4.69, 9.17) is 17.0 Å². The molecule has 0 unspecified atom stereocenters. The monoisotopic (exact) mass is 243 g/mol. The second-order valence-corrected chi connectivity index (χ2v) is 5.70. The summed E-state index contributed by atoms with van der Waals surface area (Å²) < 4.78 is 5.65. The average Bonchev–Trinajstić information content (AvgIpc) is 2.15. The normalized spacial score (nSPS) is 18.4. The molecule has 92 valence electrons. The number of nitrogens with zero attached hydrogens (tertiary/aromatic N) is 1. The molecule has 0 aromatic rings. The number of hydrogen-bond donors (Lipinski definition) is 0. The number of ketones is 1. The minimum Gasteiger partial charge on any atom is -0.465 e. The van der Waals surface area contributed by atoms with E-state index in [0.717, 1.165) is 25.9 Å². The van der Waals surface area contributed by atoms with Gasteiger partial charge in [-0.15, -0.1) is 0 Å². The number of carbonyl (C=O) groups excluding carboxylic acids is 1. The highest BCUT2D eigenvalue weighted by atomic mass is 32.1. The van der Waals surface area contributed by atoms with Gasteiger partial charge in [0.2, 0.25) is 0 Å². The first-order chi connectivity index (χ1) is 7.29. The van der Waals surface area contributed by atoms with E-state index in [1.807, 2.05) is 20.8 Å². The van der Waals surface area contributed by atoms with E-state index >= 15 is 0 Å². The molecule has 1 rings (SSSR count). The molecule has 0 aliphatic carbocycles. The summed E-state index contributed by atoms with van der Waals surface area (Å²) in [6.45, 7) is 9.30. The van der Waals surface area contributed by atoms with Crippen LogP contribution in [0.25, 0.3) is 0 Å². The zero-order valence-corrected chi connectivity index (χ0v) is 11.4. The Kier molecular flexibility index (Phi) is 4.30. The Balaban J connectivity index is 2.42. The Hall–Kier alpha value is -0.640. The zero-order chi connectivity index (χ0) is 12.3. The molecule has 0 atom stereocenters. The number of Topliss-reactive ketones (excluding diaryl/α,β-unsaturated/α-hetero) is 1. The van der Waals surface area contributed by atoms with Gasteiger partial charge in [0.25, 0.3) is 5.17 Å². The van der Waals surface area contributed by atoms with Gasteiger partial charge in [0, 0.05) is 19.0 Å². The van der Waals surface area contributed by atoms with Crippen LogP contribution in [0, 0.1) is 5.92 Å². The van der Waals surface area contributed by atoms with Crippen molar-refractivity contribution in [1.29, 1.82) is 0 Å². The van der Waals surface area contributed by atoms with Crippen LogP contribution in [0.15, 0.2) is 0 Å². The van der Waals surface area contributed by atoms with E-state index in [9.17, 15) is 4.79 Å². The van der Waals surface area contributed by atoms with Crippen molar-refractivity contribution in [2.45, 2.75) is 46.1 Å². The molecular formula is C12H21NO2S. The van der Waals surface area contributed by atoms with Crippen LogP contribution in [0.4, 0.5) is 0 Å². The fraction of sp³-hybridized carbons (Fsp3) is 0.833. The number of carbonyl (C=O) groups is 1. The second-order valence-electron chi connectivity index (χ2n) is 5.35. The van der Waals surface area contributed by atoms with E-state index in [2.05, 4.69) is 4.90 Å². The standard InChI is InChI=1S/C12H21NO2S/c1-9(14)10-5-7-13(8-6-10)11(16)15-12(2,3)4/h10H,5-8H2,1-4H3. The SMILES string of the molecule is CC(=O)C1CCN(C(=S)OC(C)(C)C)CC1. The molecule has 0 amide bonds. The summed E-state index contributed by atoms with van der Waals surface area (Å²) in [5.41, 5.74) is -0.242. The zero-order valence-electron chi connectivity index (χ0n) is 10.6. The fourth-order valence-electron chi connectivity index (χ4n) is 1.80. The van der Waals surface area contributed by atoms with Gasteiger partial charge in [-0.1, -0.05) is 0 Å². The molecule has 16 heavy (non-hydrogen) atoms. The third-order valence-electron chi connectivity index (χ3n) is 2.72. The first kappa shape index (κ1) is 13.4. The van der Waals surface area contributed by atoms with Crippen molar-refractivity contribution in [3.63, 3.8) is 0 Å². The minimum absolute atomic E-state index is 0.216. The number of thiocarbonyl (C=S) groups is 1. The lowest BCUT2D eigenvalue weighted by atomic mass is 9.94. The van der Waals surface area contributed by atoms with Crippen molar-refractivity contribution in [3.05, 3.63) is 0 Å². The molecule has 1 fully saturated rings. The van der Waals surface area contributed by atoms with Crippen LogP contribution in [-0.2, 0) is 9.53 Å². The molecule has 4 heteroatoms. The average molecular weight is 243 g/mol. The van der Waals surface area contributed by atoms with Crippen LogP contribution in [0.2, 0.25) is 0 Å². The summed E-state index contributed by atoms with van der Waals surface area (Å²) >= 11 is 5.25. The first-order valence-corrected chi connectivity index (χ1v) is 6.19. The van der Waals surface area contributed by atoms with Crippen LogP contribution < -0.4 is 0 Å². The van der Waals surface area contributed by atoms with Gasteiger partial charge in [-0.25, -0.2) is 0 Å². The maximum Gasteiger partial charge on any atom is 0.259 e. The lowest BCUT2D eigenvalue weighted by Crippen LogP contribution is -2.42. The van der Waals surface area contributed by atoms with Gasteiger partial charge in [-0.05, 0) is 52.8 Å². The Labute approximate surface area is 103 Å². The van der Waals surface area contributed by atoms with Crippen LogP contribution >= 0.6 is 12.2 Å². The number of ether oxygens (including phenoxy) is 1. The summed E-state index contributed by atoms with van der Waals surface area (Å²) in [4.78, 5) is 13.3. The van der Waals surface area contributed by atoms with Gasteiger partial charge in [-0.2, -0.15) is 0 Å². The number of rotatable bonds is 1. The molecule has 0 aromatic carbocycles. The van der Waals surface area contributed by atoms with Gasteiger partial charge < -0.3 is 9.64 Å². The summed E-state index contributed by atoms with van der Waals surface area (Å²) in [6, 6.07) is 0. The molecule has 0 bridgehead atoms. The molecule has 3 nitrogen and oxygen atoms in total. The lowest BCUT2D eigenvalue weighted by molar-refractivity contribution is -0.121. The first-order valence-electron chi connectivity index (χ1n) is 5.78. The molecule has 1 heterocycles. The van der Waals surface area contributed by atoms with Crippen LogP contribution in [0.5, 0.6) is 0 Å². The third kappa shape index (κ3) is 4.08. The Morgan fingerprint density at radius 2 is 1.81 bits per heavy atom.